The molecule has 16 heteroatoms. The number of hydrogen-bond acceptors (Lipinski definition) is 8. The van der Waals surface area contributed by atoms with E-state index in [0.29, 0.717) is 4.40 Å². The van der Waals surface area contributed by atoms with Gasteiger partial charge in [0.25, 0.3) is 0 Å². The molecule has 0 bridgehead atoms. The van der Waals surface area contributed by atoms with Crippen LogP contribution in [0.1, 0.15) is 0 Å². The predicted molar refractivity (Wildman–Crippen MR) is 124 cm³/mol. The first-order valence-corrected chi connectivity index (χ1v) is 12.5. The Balaban J connectivity index is 1.82. The fourth-order valence-electron chi connectivity index (χ4n) is 3.72. The maximum absolute atomic E-state index is 13.1. The Labute approximate surface area is 212 Å². The Morgan fingerprint density at radius 1 is 1.13 bits per heavy atom. The van der Waals surface area contributed by atoms with Gasteiger partial charge in [-0.1, -0.05) is 12.1 Å². The Kier molecular flexibility index (Phi) is 7.68. The maximum Gasteiger partial charge on any atom is 0.491 e. The molecule has 0 unspecified atom stereocenters. The van der Waals surface area contributed by atoms with Crippen LogP contribution < -0.4 is 16.2 Å². The van der Waals surface area contributed by atoms with Crippen LogP contribution in [-0.2, 0) is 26.1 Å². The molecular weight excluding hydrogens is 538 g/mol. The Morgan fingerprint density at radius 2 is 1.79 bits per heavy atom. The molecule has 0 saturated carbocycles. The molecule has 0 spiro atoms. The number of hydrogen-bond donors (Lipinski definition) is 1. The third kappa shape index (κ3) is 5.33. The molecule has 0 radical (unpaired) electrons. The summed E-state index contributed by atoms with van der Waals surface area (Å²) in [6.07, 6.45) is -5.21. The van der Waals surface area contributed by atoms with Crippen LogP contribution in [0.25, 0.3) is 16.8 Å². The van der Waals surface area contributed by atoms with E-state index < -0.39 is 40.3 Å². The average molecular weight is 559 g/mol. The Morgan fingerprint density at radius 3 is 2.37 bits per heavy atom. The largest absolute Gasteiger partial charge is 0.491 e. The summed E-state index contributed by atoms with van der Waals surface area (Å²) < 4.78 is 90.4. The number of nitrogens with two attached hydrogens (primary N) is 1. The Bertz CT molecular complexity index is 1540. The molecule has 4 rings (SSSR count). The van der Waals surface area contributed by atoms with Gasteiger partial charge in [0, 0.05) is 25.2 Å². The van der Waals surface area contributed by atoms with E-state index in [4.69, 9.17) is 10.5 Å². The fraction of sp³-hybridized carbons (Fsp3) is 0.318. The summed E-state index contributed by atoms with van der Waals surface area (Å²) in [6, 6.07) is 7.61. The number of ether oxygens (including phenoxy) is 2. The van der Waals surface area contributed by atoms with E-state index in [1.807, 2.05) is 0 Å². The van der Waals surface area contributed by atoms with E-state index in [0.717, 1.165) is 4.68 Å². The van der Waals surface area contributed by atoms with Crippen LogP contribution in [-0.4, -0.2) is 71.9 Å². The van der Waals surface area contributed by atoms with Crippen LogP contribution in [0.2, 0.25) is 0 Å². The summed E-state index contributed by atoms with van der Waals surface area (Å²) in [5.41, 5.74) is 4.18. The van der Waals surface area contributed by atoms with Crippen molar-refractivity contribution in [2.24, 2.45) is 5.73 Å². The topological polar surface area (TPSA) is 138 Å². The number of carbonyl (C=O) groups excluding carboxylic acids is 1. The van der Waals surface area contributed by atoms with Crippen molar-refractivity contribution in [3.05, 3.63) is 58.8 Å². The second kappa shape index (κ2) is 10.6. The molecular formula is C22H21F4N5O6S. The van der Waals surface area contributed by atoms with E-state index in [2.05, 4.69) is 9.84 Å². The van der Waals surface area contributed by atoms with Gasteiger partial charge in [-0.2, -0.15) is 17.5 Å². The molecule has 2 aromatic heterocycles. The third-order valence-corrected chi connectivity index (χ3v) is 7.57. The number of nitrogens with zero attached hydrogens (tertiary/aromatic N) is 4. The zero-order valence-corrected chi connectivity index (χ0v) is 20.3. The van der Waals surface area contributed by atoms with Gasteiger partial charge < -0.3 is 15.2 Å². The highest BCUT2D eigenvalue weighted by atomic mass is 32.2. The lowest BCUT2D eigenvalue weighted by Gasteiger charge is -2.26. The number of aromatic nitrogens is 3. The van der Waals surface area contributed by atoms with Gasteiger partial charge in [0.1, 0.15) is 0 Å². The number of rotatable bonds is 7. The quantitative estimate of drug-likeness (QED) is 0.339. The highest BCUT2D eigenvalue weighted by Gasteiger charge is 2.42. The highest BCUT2D eigenvalue weighted by molar-refractivity contribution is 7.89. The summed E-state index contributed by atoms with van der Waals surface area (Å²) in [5.74, 6) is -3.40. The number of pyridine rings is 1. The second-order valence-corrected chi connectivity index (χ2v) is 10.0. The molecule has 11 nitrogen and oxygen atoms in total. The van der Waals surface area contributed by atoms with Crippen molar-refractivity contribution < 1.29 is 40.2 Å². The lowest BCUT2D eigenvalue weighted by atomic mass is 10.1. The van der Waals surface area contributed by atoms with E-state index in [-0.39, 0.29) is 66.4 Å². The minimum atomic E-state index is -5.39. The third-order valence-electron chi connectivity index (χ3n) is 5.66. The van der Waals surface area contributed by atoms with E-state index >= 15 is 0 Å². The Hall–Kier alpha value is -3.60. The van der Waals surface area contributed by atoms with Crippen molar-refractivity contribution in [3.63, 3.8) is 0 Å². The number of sulfonamides is 1. The smallest absolute Gasteiger partial charge is 0.401 e. The van der Waals surface area contributed by atoms with Crippen molar-refractivity contribution in [3.8, 4) is 17.0 Å². The number of esters is 1. The van der Waals surface area contributed by atoms with Gasteiger partial charge in [-0.15, -0.1) is 5.10 Å². The minimum absolute atomic E-state index is 0.0263. The highest BCUT2D eigenvalue weighted by Crippen LogP contribution is 2.33. The first kappa shape index (κ1) is 27.4. The van der Waals surface area contributed by atoms with Crippen molar-refractivity contribution in [1.82, 2.24) is 18.5 Å². The predicted octanol–water partition coefficient (Wildman–Crippen LogP) is 1.46. The van der Waals surface area contributed by atoms with E-state index in [1.165, 1.54) is 40.7 Å². The van der Waals surface area contributed by atoms with Gasteiger partial charge in [-0.05, 0) is 35.4 Å². The van der Waals surface area contributed by atoms with Gasteiger partial charge in [-0.25, -0.2) is 31.5 Å². The first-order valence-electron chi connectivity index (χ1n) is 11.1. The average Bonchev–Trinajstić information content (AvgIpc) is 3.22. The molecule has 0 aliphatic carbocycles. The SMILES string of the molecule is NC/C(=C\F)Cn1nc2ccc(-c3ccc(S(=O)(=O)N4CCOCC4)cc3)c(OC(=O)C(F)(F)F)n2c1=O. The van der Waals surface area contributed by atoms with E-state index in [1.54, 1.807) is 0 Å². The van der Waals surface area contributed by atoms with E-state index in [9.17, 15) is 35.6 Å². The number of morpholine rings is 1. The van der Waals surface area contributed by atoms with Gasteiger partial charge >= 0.3 is 17.8 Å². The summed E-state index contributed by atoms with van der Waals surface area (Å²) >= 11 is 0. The minimum Gasteiger partial charge on any atom is -0.401 e. The maximum atomic E-state index is 13.1. The molecule has 0 amide bonds. The molecule has 3 heterocycles. The first-order chi connectivity index (χ1) is 18.0. The normalized spacial score (nSPS) is 15.7. The van der Waals surface area contributed by atoms with Gasteiger partial charge in [-0.3, -0.25) is 0 Å². The number of alkyl halides is 3. The number of carbonyl (C=O) groups is 1. The molecule has 1 fully saturated rings. The van der Waals surface area contributed by atoms with Crippen LogP contribution in [0.3, 0.4) is 0 Å². The van der Waals surface area contributed by atoms with Crippen molar-refractivity contribution in [2.45, 2.75) is 17.6 Å². The summed E-state index contributed by atoms with van der Waals surface area (Å²) in [4.78, 5) is 24.7. The molecule has 2 N–H and O–H groups in total. The fourth-order valence-corrected chi connectivity index (χ4v) is 5.13. The molecule has 3 aromatic rings. The zero-order chi connectivity index (χ0) is 27.7. The lowest BCUT2D eigenvalue weighted by Crippen LogP contribution is -2.40. The molecule has 38 heavy (non-hydrogen) atoms. The number of halogens is 4. The molecule has 1 aromatic carbocycles. The standard InChI is InChI=1S/C22H21F4N5O6S/c23-11-14(12-27)13-30-21(33)31-18(28-30)6-5-17(19(31)37-20(32)22(24,25)26)15-1-3-16(4-2-15)38(34,35)29-7-9-36-10-8-29/h1-6,11H,7-10,12-13,27H2/b14-11+. The van der Waals surface area contributed by atoms with Crippen LogP contribution in [0.4, 0.5) is 17.6 Å². The van der Waals surface area contributed by atoms with Gasteiger partial charge in [0.15, 0.2) is 5.65 Å². The van der Waals surface area contributed by atoms with Crippen molar-refractivity contribution in [2.75, 3.05) is 32.8 Å². The molecule has 1 saturated heterocycles. The summed E-state index contributed by atoms with van der Waals surface area (Å²) in [7, 11) is -3.86. The second-order valence-electron chi connectivity index (χ2n) is 8.09. The van der Waals surface area contributed by atoms with Crippen LogP contribution in [0.15, 0.2) is 58.0 Å². The molecule has 1 aliphatic heterocycles. The molecule has 0 atom stereocenters. The molecule has 204 valence electrons. The number of benzene rings is 1. The van der Waals surface area contributed by atoms with Crippen LogP contribution >= 0.6 is 0 Å². The lowest BCUT2D eigenvalue weighted by molar-refractivity contribution is -0.190. The van der Waals surface area contributed by atoms with Gasteiger partial charge in [0.2, 0.25) is 15.9 Å². The molecule has 1 aliphatic rings. The monoisotopic (exact) mass is 559 g/mol. The van der Waals surface area contributed by atoms with Crippen LogP contribution in [0, 0.1) is 0 Å². The summed E-state index contributed by atoms with van der Waals surface area (Å²) in [6.45, 7) is 0.147. The van der Waals surface area contributed by atoms with Crippen molar-refractivity contribution in [1.29, 1.82) is 0 Å². The summed E-state index contributed by atoms with van der Waals surface area (Å²) in [5, 5.41) is 3.95. The zero-order valence-electron chi connectivity index (χ0n) is 19.5. The van der Waals surface area contributed by atoms with Gasteiger partial charge in [0.05, 0.1) is 31.0 Å². The number of fused-ring (bicyclic) bond motifs is 1. The van der Waals surface area contributed by atoms with Crippen molar-refractivity contribution >= 4 is 21.6 Å². The van der Waals surface area contributed by atoms with Crippen LogP contribution in [0.5, 0.6) is 5.88 Å².